The molecule has 21 heavy (non-hydrogen) atoms. The predicted octanol–water partition coefficient (Wildman–Crippen LogP) is 3.36. The molecule has 2 rings (SSSR count). The van der Waals surface area contributed by atoms with E-state index in [9.17, 15) is 8.42 Å². The fourth-order valence-electron chi connectivity index (χ4n) is 1.70. The second-order valence-electron chi connectivity index (χ2n) is 4.33. The lowest BCUT2D eigenvalue weighted by Gasteiger charge is -2.06. The lowest BCUT2D eigenvalue weighted by atomic mass is 10.2. The molecule has 0 saturated heterocycles. The molecule has 0 atom stereocenters. The lowest BCUT2D eigenvalue weighted by Crippen LogP contribution is -2.23. The Balaban J connectivity index is 2.12. The summed E-state index contributed by atoms with van der Waals surface area (Å²) in [5.74, 6) is 0. The Morgan fingerprint density at radius 1 is 1.24 bits per heavy atom. The Morgan fingerprint density at radius 2 is 1.90 bits per heavy atom. The van der Waals surface area contributed by atoms with Gasteiger partial charge in [0.25, 0.3) is 0 Å². The number of hydrogen-bond acceptors (Lipinski definition) is 4. The van der Waals surface area contributed by atoms with Gasteiger partial charge in [0, 0.05) is 23.0 Å². The molecule has 0 amide bonds. The molecule has 0 fully saturated rings. The molecule has 0 saturated carbocycles. The number of sulfonamides is 1. The van der Waals surface area contributed by atoms with Crippen LogP contribution in [0.3, 0.4) is 0 Å². The summed E-state index contributed by atoms with van der Waals surface area (Å²) in [5, 5.41) is 3.62. The minimum atomic E-state index is -3.54. The quantitative estimate of drug-likeness (QED) is 0.769. The molecular weight excluding hydrogens is 396 g/mol. The average molecular weight is 410 g/mol. The van der Waals surface area contributed by atoms with Gasteiger partial charge in [-0.25, -0.2) is 13.1 Å². The standard InChI is InChI=1S/C13H14BrClN2O2S2/c1-16-8-11-6-12(13(14)20-11)21(18,19)17-7-9-2-4-10(15)5-3-9/h2-6,16-17H,7-8H2,1H3. The van der Waals surface area contributed by atoms with Gasteiger partial charge in [-0.2, -0.15) is 0 Å². The van der Waals surface area contributed by atoms with E-state index in [2.05, 4.69) is 26.0 Å². The Morgan fingerprint density at radius 3 is 2.52 bits per heavy atom. The zero-order valence-corrected chi connectivity index (χ0v) is 15.2. The zero-order valence-electron chi connectivity index (χ0n) is 11.2. The molecule has 0 radical (unpaired) electrons. The lowest BCUT2D eigenvalue weighted by molar-refractivity contribution is 0.581. The normalized spacial score (nSPS) is 11.8. The van der Waals surface area contributed by atoms with Crippen LogP contribution >= 0.6 is 38.9 Å². The van der Waals surface area contributed by atoms with Gasteiger partial charge in [0.2, 0.25) is 10.0 Å². The molecule has 2 N–H and O–H groups in total. The first-order valence-corrected chi connectivity index (χ1v) is 9.56. The minimum Gasteiger partial charge on any atom is -0.315 e. The van der Waals surface area contributed by atoms with Crippen molar-refractivity contribution < 1.29 is 8.42 Å². The second-order valence-corrected chi connectivity index (χ2v) is 8.96. The van der Waals surface area contributed by atoms with Crippen LogP contribution < -0.4 is 10.0 Å². The number of halogens is 2. The van der Waals surface area contributed by atoms with Gasteiger partial charge in [0.05, 0.1) is 3.79 Å². The minimum absolute atomic E-state index is 0.225. The van der Waals surface area contributed by atoms with E-state index < -0.39 is 10.0 Å². The van der Waals surface area contributed by atoms with Crippen LogP contribution in [0.25, 0.3) is 0 Å². The van der Waals surface area contributed by atoms with Crippen molar-refractivity contribution in [3.8, 4) is 0 Å². The van der Waals surface area contributed by atoms with Gasteiger partial charge in [0.1, 0.15) is 4.90 Å². The molecule has 1 aromatic carbocycles. The van der Waals surface area contributed by atoms with Crippen molar-refractivity contribution in [1.82, 2.24) is 10.0 Å². The Labute approximate surface area is 141 Å². The van der Waals surface area contributed by atoms with Crippen LogP contribution in [-0.4, -0.2) is 15.5 Å². The van der Waals surface area contributed by atoms with E-state index in [-0.39, 0.29) is 11.4 Å². The molecule has 0 aliphatic rings. The number of benzene rings is 1. The molecule has 0 unspecified atom stereocenters. The van der Waals surface area contributed by atoms with E-state index in [1.54, 1.807) is 30.3 Å². The molecule has 1 heterocycles. The molecule has 8 heteroatoms. The van der Waals surface area contributed by atoms with Crippen molar-refractivity contribution in [2.24, 2.45) is 0 Å². The summed E-state index contributed by atoms with van der Waals surface area (Å²) in [7, 11) is -1.72. The van der Waals surface area contributed by atoms with Crippen molar-refractivity contribution in [1.29, 1.82) is 0 Å². The van der Waals surface area contributed by atoms with Crippen LogP contribution in [-0.2, 0) is 23.1 Å². The second kappa shape index (κ2) is 7.21. The first-order chi connectivity index (χ1) is 9.92. The molecule has 4 nitrogen and oxygen atoms in total. The van der Waals surface area contributed by atoms with Crippen LogP contribution in [0.15, 0.2) is 39.0 Å². The molecule has 0 aliphatic heterocycles. The third-order valence-electron chi connectivity index (χ3n) is 2.73. The molecule has 0 spiro atoms. The van der Waals surface area contributed by atoms with Crippen LogP contribution in [0.5, 0.6) is 0 Å². The fourth-order valence-corrected chi connectivity index (χ4v) is 5.54. The third kappa shape index (κ3) is 4.51. The van der Waals surface area contributed by atoms with Gasteiger partial charge < -0.3 is 5.32 Å². The van der Waals surface area contributed by atoms with E-state index >= 15 is 0 Å². The Kier molecular flexibility index (Phi) is 5.81. The highest BCUT2D eigenvalue weighted by atomic mass is 79.9. The molecular formula is C13H14BrClN2O2S2. The van der Waals surface area contributed by atoms with Gasteiger partial charge in [-0.15, -0.1) is 11.3 Å². The highest BCUT2D eigenvalue weighted by Gasteiger charge is 2.20. The summed E-state index contributed by atoms with van der Waals surface area (Å²) < 4.78 is 27.9. The maximum atomic E-state index is 12.3. The smallest absolute Gasteiger partial charge is 0.242 e. The SMILES string of the molecule is CNCc1cc(S(=O)(=O)NCc2ccc(Cl)cc2)c(Br)s1. The molecule has 0 aliphatic carbocycles. The van der Waals surface area contributed by atoms with E-state index in [0.29, 0.717) is 15.4 Å². The van der Waals surface area contributed by atoms with Crippen LogP contribution in [0.1, 0.15) is 10.4 Å². The maximum Gasteiger partial charge on any atom is 0.242 e. The summed E-state index contributed by atoms with van der Waals surface area (Å²) in [4.78, 5) is 1.22. The Bertz CT molecular complexity index is 714. The van der Waals surface area contributed by atoms with Crippen molar-refractivity contribution in [2.75, 3.05) is 7.05 Å². The summed E-state index contributed by atoms with van der Waals surface area (Å²) in [6.07, 6.45) is 0. The highest BCUT2D eigenvalue weighted by Crippen LogP contribution is 2.31. The highest BCUT2D eigenvalue weighted by molar-refractivity contribution is 9.11. The van der Waals surface area contributed by atoms with Gasteiger partial charge in [-0.3, -0.25) is 0 Å². The van der Waals surface area contributed by atoms with E-state index in [4.69, 9.17) is 11.6 Å². The first kappa shape index (κ1) is 16.9. The first-order valence-electron chi connectivity index (χ1n) is 6.09. The number of hydrogen-bond donors (Lipinski definition) is 2. The van der Waals surface area contributed by atoms with Crippen LogP contribution in [0, 0.1) is 0 Å². The van der Waals surface area contributed by atoms with E-state index in [1.807, 2.05) is 7.05 Å². The van der Waals surface area contributed by atoms with Crippen molar-refractivity contribution in [2.45, 2.75) is 18.0 Å². The van der Waals surface area contributed by atoms with Crippen molar-refractivity contribution >= 4 is 48.9 Å². The fraction of sp³-hybridized carbons (Fsp3) is 0.231. The molecule has 1 aromatic heterocycles. The molecule has 0 bridgehead atoms. The largest absolute Gasteiger partial charge is 0.315 e. The van der Waals surface area contributed by atoms with Crippen LogP contribution in [0.2, 0.25) is 5.02 Å². The van der Waals surface area contributed by atoms with Gasteiger partial charge in [-0.05, 0) is 46.7 Å². The maximum absolute atomic E-state index is 12.3. The number of rotatable bonds is 6. The average Bonchev–Trinajstić information content (AvgIpc) is 2.80. The van der Waals surface area contributed by atoms with E-state index in [0.717, 1.165) is 10.4 Å². The summed E-state index contributed by atoms with van der Waals surface area (Å²) in [6, 6.07) is 8.72. The monoisotopic (exact) mass is 408 g/mol. The molecule has 2 aromatic rings. The number of thiophene rings is 1. The van der Waals surface area contributed by atoms with Crippen LogP contribution in [0.4, 0.5) is 0 Å². The number of nitrogens with one attached hydrogen (secondary N) is 2. The zero-order chi connectivity index (χ0) is 15.5. The third-order valence-corrected chi connectivity index (χ3v) is 6.63. The Hall–Kier alpha value is -0.440. The molecule has 114 valence electrons. The van der Waals surface area contributed by atoms with Gasteiger partial charge in [-0.1, -0.05) is 23.7 Å². The topological polar surface area (TPSA) is 58.2 Å². The summed E-state index contributed by atoms with van der Waals surface area (Å²) in [5.41, 5.74) is 0.852. The summed E-state index contributed by atoms with van der Waals surface area (Å²) in [6.45, 7) is 0.860. The van der Waals surface area contributed by atoms with E-state index in [1.165, 1.54) is 11.3 Å². The van der Waals surface area contributed by atoms with Gasteiger partial charge in [0.15, 0.2) is 0 Å². The van der Waals surface area contributed by atoms with Crippen molar-refractivity contribution in [3.05, 3.63) is 49.6 Å². The predicted molar refractivity (Wildman–Crippen MR) is 90.3 cm³/mol. The van der Waals surface area contributed by atoms with Crippen molar-refractivity contribution in [3.63, 3.8) is 0 Å². The summed E-state index contributed by atoms with van der Waals surface area (Å²) >= 11 is 10.5. The van der Waals surface area contributed by atoms with Gasteiger partial charge >= 0.3 is 0 Å².